The summed E-state index contributed by atoms with van der Waals surface area (Å²) >= 11 is 0. The Kier molecular flexibility index (Phi) is 8.15. The van der Waals surface area contributed by atoms with Crippen molar-refractivity contribution in [1.29, 1.82) is 0 Å². The van der Waals surface area contributed by atoms with Crippen LogP contribution in [-0.2, 0) is 40.4 Å². The molecule has 5 aliphatic rings. The molecule has 3 fully saturated rings. The van der Waals surface area contributed by atoms with Gasteiger partial charge in [-0.25, -0.2) is 9.97 Å². The van der Waals surface area contributed by atoms with Gasteiger partial charge in [-0.1, -0.05) is 31.2 Å². The van der Waals surface area contributed by atoms with Gasteiger partial charge in [0.05, 0.1) is 29.7 Å². The summed E-state index contributed by atoms with van der Waals surface area (Å²) in [6.07, 6.45) is 6.31. The van der Waals surface area contributed by atoms with Crippen molar-refractivity contribution in [2.24, 2.45) is 5.92 Å². The molecule has 56 heavy (non-hydrogen) atoms. The molecular formula is C43H43N9O4. The fraction of sp³-hybridized carbons (Fsp3) is 0.372. The molecule has 2 unspecified atom stereocenters. The minimum atomic E-state index is -0.632. The van der Waals surface area contributed by atoms with Gasteiger partial charge in [-0.3, -0.25) is 29.5 Å². The summed E-state index contributed by atoms with van der Waals surface area (Å²) in [5.41, 5.74) is 7.49. The lowest BCUT2D eigenvalue weighted by Crippen LogP contribution is -2.52. The Morgan fingerprint density at radius 2 is 1.75 bits per heavy atom. The second-order valence-electron chi connectivity index (χ2n) is 15.7. The molecule has 3 aromatic heterocycles. The van der Waals surface area contributed by atoms with E-state index in [2.05, 4.69) is 69.1 Å². The number of aryl methyl sites for hydroxylation is 1. The Morgan fingerprint density at radius 3 is 2.55 bits per heavy atom. The van der Waals surface area contributed by atoms with E-state index >= 15 is 0 Å². The highest BCUT2D eigenvalue weighted by molar-refractivity contribution is 6.06. The van der Waals surface area contributed by atoms with Gasteiger partial charge in [-0.05, 0) is 48.6 Å². The molecule has 8 heterocycles. The number of nitrogens with zero attached hydrogens (tertiary/aromatic N) is 8. The molecule has 5 aromatic rings. The van der Waals surface area contributed by atoms with Crippen molar-refractivity contribution in [2.75, 3.05) is 36.0 Å². The van der Waals surface area contributed by atoms with Crippen molar-refractivity contribution in [3.63, 3.8) is 0 Å². The zero-order valence-corrected chi connectivity index (χ0v) is 31.6. The highest BCUT2D eigenvalue weighted by Crippen LogP contribution is 2.42. The van der Waals surface area contributed by atoms with Crippen LogP contribution in [0.2, 0.25) is 0 Å². The van der Waals surface area contributed by atoms with E-state index < -0.39 is 11.9 Å². The molecule has 13 nitrogen and oxygen atoms in total. The first-order valence-corrected chi connectivity index (χ1v) is 19.7. The maximum absolute atomic E-state index is 13.5. The van der Waals surface area contributed by atoms with Crippen LogP contribution in [0, 0.1) is 5.92 Å². The highest BCUT2D eigenvalue weighted by Gasteiger charge is 2.45. The van der Waals surface area contributed by atoms with E-state index in [-0.39, 0.29) is 30.2 Å². The Labute approximate surface area is 324 Å². The van der Waals surface area contributed by atoms with Gasteiger partial charge >= 0.3 is 0 Å². The van der Waals surface area contributed by atoms with Crippen LogP contribution in [0.15, 0.2) is 67.0 Å². The molecule has 4 amide bonds. The fourth-order valence-corrected chi connectivity index (χ4v) is 9.74. The van der Waals surface area contributed by atoms with E-state index in [0.717, 1.165) is 101 Å². The van der Waals surface area contributed by atoms with Crippen molar-refractivity contribution < 1.29 is 19.2 Å². The second-order valence-corrected chi connectivity index (χ2v) is 15.7. The Hall–Kier alpha value is -6.11. The van der Waals surface area contributed by atoms with Crippen LogP contribution in [0.1, 0.15) is 60.5 Å². The van der Waals surface area contributed by atoms with Crippen molar-refractivity contribution in [2.45, 2.75) is 71.2 Å². The van der Waals surface area contributed by atoms with Gasteiger partial charge in [-0.2, -0.15) is 0 Å². The minimum absolute atomic E-state index is 0.0789. The van der Waals surface area contributed by atoms with Crippen LogP contribution in [0.25, 0.3) is 33.3 Å². The molecule has 0 bridgehead atoms. The largest absolute Gasteiger partial charge is 0.366 e. The number of amides is 4. The Bertz CT molecular complexity index is 2460. The maximum atomic E-state index is 13.5. The van der Waals surface area contributed by atoms with E-state index in [1.807, 2.05) is 29.4 Å². The third-order valence-corrected chi connectivity index (χ3v) is 12.6. The van der Waals surface area contributed by atoms with Gasteiger partial charge in [0.2, 0.25) is 17.7 Å². The number of hydrogen-bond donors (Lipinski definition) is 1. The third kappa shape index (κ3) is 5.54. The smallest absolute Gasteiger partial charge is 0.255 e. The highest BCUT2D eigenvalue weighted by atomic mass is 16.2. The number of benzene rings is 2. The van der Waals surface area contributed by atoms with E-state index in [9.17, 15) is 19.2 Å². The molecule has 0 radical (unpaired) electrons. The zero-order valence-electron chi connectivity index (χ0n) is 31.6. The number of carbonyl (C=O) groups is 4. The van der Waals surface area contributed by atoms with Crippen LogP contribution in [0.3, 0.4) is 0 Å². The van der Waals surface area contributed by atoms with Gasteiger partial charge in [0.15, 0.2) is 0 Å². The van der Waals surface area contributed by atoms with Crippen LogP contribution in [0.5, 0.6) is 0 Å². The second kappa shape index (κ2) is 13.3. The molecule has 5 aliphatic heterocycles. The number of fused-ring (bicyclic) bond motifs is 4. The number of hydrogen-bond acceptors (Lipinski definition) is 9. The predicted octanol–water partition coefficient (Wildman–Crippen LogP) is 4.56. The number of aromatic nitrogens is 4. The Balaban J connectivity index is 0.866. The molecule has 2 aromatic carbocycles. The molecule has 13 heteroatoms. The first kappa shape index (κ1) is 34.4. The lowest BCUT2D eigenvalue weighted by atomic mass is 10.0. The van der Waals surface area contributed by atoms with Crippen LogP contribution in [0.4, 0.5) is 11.5 Å². The average molecular weight is 750 g/mol. The Morgan fingerprint density at radius 1 is 0.893 bits per heavy atom. The molecule has 0 spiro atoms. The number of anilines is 2. The van der Waals surface area contributed by atoms with Crippen LogP contribution >= 0.6 is 0 Å². The molecule has 10 rings (SSSR count). The van der Waals surface area contributed by atoms with Gasteiger partial charge in [0.25, 0.3) is 5.91 Å². The van der Waals surface area contributed by atoms with Gasteiger partial charge in [-0.15, -0.1) is 0 Å². The summed E-state index contributed by atoms with van der Waals surface area (Å²) in [6.45, 7) is 8.76. The van der Waals surface area contributed by atoms with Crippen molar-refractivity contribution in [3.05, 3.63) is 89.6 Å². The maximum Gasteiger partial charge on any atom is 0.255 e. The molecule has 0 aliphatic carbocycles. The van der Waals surface area contributed by atoms with Crippen LogP contribution < -0.4 is 15.1 Å². The zero-order chi connectivity index (χ0) is 38.2. The minimum Gasteiger partial charge on any atom is -0.366 e. The molecule has 3 saturated heterocycles. The number of carbonyl (C=O) groups excluding carboxylic acids is 4. The monoisotopic (exact) mass is 749 g/mol. The first-order chi connectivity index (χ1) is 27.2. The number of nitrogens with one attached hydrogen (secondary N) is 1. The standard InChI is InChI=1S/C43H43N9O4/c1-3-38-46-41(37-24-48(25(2)53)16-17-51(37)38)29-7-4-6-26-18-33(44-20-31(26)29)27-10-12-39(45-19-27)49-21-28-14-15-50(36(28)23-49)34-9-5-8-30-32(34)22-52(43(30)56)35-11-13-40(54)47-42(35)55/h4-10,12,18-20,28,35-36H,3,11,13-17,21-24H2,1-2H3,(H,47,54,55)/t28-,35?,36?/m0/s1. The van der Waals surface area contributed by atoms with Gasteiger partial charge < -0.3 is 24.2 Å². The topological polar surface area (TPSA) is 137 Å². The summed E-state index contributed by atoms with van der Waals surface area (Å²) in [5.74, 6) is 1.70. The van der Waals surface area contributed by atoms with E-state index in [0.29, 0.717) is 37.5 Å². The van der Waals surface area contributed by atoms with Gasteiger partial charge in [0, 0.05) is 111 Å². The summed E-state index contributed by atoms with van der Waals surface area (Å²) in [4.78, 5) is 73.5. The predicted molar refractivity (Wildman–Crippen MR) is 211 cm³/mol. The molecule has 3 atom stereocenters. The number of imide groups is 1. The SMILES string of the molecule is CCc1nc(-c2cccc3cc(-c4ccc(N5CC6[C@@H](CCN6c6cccc7c6CN(C6CCC(=O)NC6=O)C7=O)C5)nc4)ncc23)c2n1CCN(C(C)=O)C2. The van der Waals surface area contributed by atoms with E-state index in [1.54, 1.807) is 11.8 Å². The normalized spacial score (nSPS) is 21.8. The summed E-state index contributed by atoms with van der Waals surface area (Å²) in [7, 11) is 0. The van der Waals surface area contributed by atoms with Gasteiger partial charge in [0.1, 0.15) is 17.7 Å². The number of piperidine rings is 1. The molecular weight excluding hydrogens is 707 g/mol. The summed E-state index contributed by atoms with van der Waals surface area (Å²) in [5, 5.41) is 4.50. The van der Waals surface area contributed by atoms with E-state index in [1.165, 1.54) is 0 Å². The van der Waals surface area contributed by atoms with Crippen LogP contribution in [-0.4, -0.2) is 91.2 Å². The fourth-order valence-electron chi connectivity index (χ4n) is 9.74. The summed E-state index contributed by atoms with van der Waals surface area (Å²) < 4.78 is 2.28. The average Bonchev–Trinajstić information content (AvgIpc) is 3.99. The lowest BCUT2D eigenvalue weighted by molar-refractivity contribution is -0.137. The third-order valence-electron chi connectivity index (χ3n) is 12.6. The first-order valence-electron chi connectivity index (χ1n) is 19.7. The molecule has 1 N–H and O–H groups in total. The summed E-state index contributed by atoms with van der Waals surface area (Å²) in [6, 6.07) is 18.1. The van der Waals surface area contributed by atoms with Crippen molar-refractivity contribution >= 4 is 45.9 Å². The number of rotatable bonds is 6. The number of pyridine rings is 2. The quantitative estimate of drug-likeness (QED) is 0.248. The van der Waals surface area contributed by atoms with E-state index in [4.69, 9.17) is 15.0 Å². The molecule has 284 valence electrons. The molecule has 0 saturated carbocycles. The van der Waals surface area contributed by atoms with Crippen molar-refractivity contribution in [1.82, 2.24) is 34.6 Å². The van der Waals surface area contributed by atoms with Crippen molar-refractivity contribution in [3.8, 4) is 22.5 Å². The lowest BCUT2D eigenvalue weighted by Gasteiger charge is -2.30. The number of imidazole rings is 1.